The number of rotatable bonds is 5. The van der Waals surface area contributed by atoms with E-state index in [2.05, 4.69) is 10.4 Å². The number of carboxylic acid groups (broad SMARTS) is 1. The Morgan fingerprint density at radius 2 is 1.88 bits per heavy atom. The smallest absolute Gasteiger partial charge is 0.336 e. The third kappa shape index (κ3) is 4.81. The molecule has 0 aromatic heterocycles. The van der Waals surface area contributed by atoms with Gasteiger partial charge in [-0.25, -0.2) is 10.2 Å². The summed E-state index contributed by atoms with van der Waals surface area (Å²) in [6.07, 6.45) is 1.13. The van der Waals surface area contributed by atoms with Crippen molar-refractivity contribution < 1.29 is 24.2 Å². The van der Waals surface area contributed by atoms with Gasteiger partial charge in [0.15, 0.2) is 0 Å². The van der Waals surface area contributed by atoms with Gasteiger partial charge in [-0.1, -0.05) is 29.8 Å². The van der Waals surface area contributed by atoms with Crippen molar-refractivity contribution in [1.29, 1.82) is 0 Å². The van der Waals surface area contributed by atoms with Gasteiger partial charge >= 0.3 is 17.8 Å². The lowest BCUT2D eigenvalue weighted by atomic mass is 10.1. The first kappa shape index (κ1) is 18.9. The number of methoxy groups -OCH3 is 1. The number of benzene rings is 2. The highest BCUT2D eigenvalue weighted by atomic mass is 35.5. The summed E-state index contributed by atoms with van der Waals surface area (Å²) in [5, 5.41) is 15.4. The van der Waals surface area contributed by atoms with Crippen molar-refractivity contribution >= 4 is 41.3 Å². The summed E-state index contributed by atoms with van der Waals surface area (Å²) in [5.74, 6) is -2.84. The van der Waals surface area contributed by atoms with Crippen LogP contribution in [0.5, 0.6) is 5.75 Å². The molecule has 3 N–H and O–H groups in total. The molecule has 0 aliphatic carbocycles. The normalized spacial score (nSPS) is 10.4. The average Bonchev–Trinajstić information content (AvgIpc) is 2.62. The van der Waals surface area contributed by atoms with Crippen molar-refractivity contribution in [2.45, 2.75) is 0 Å². The van der Waals surface area contributed by atoms with Crippen LogP contribution in [0, 0.1) is 0 Å². The maximum atomic E-state index is 11.9. The average molecular weight is 376 g/mol. The van der Waals surface area contributed by atoms with E-state index in [1.54, 1.807) is 18.2 Å². The van der Waals surface area contributed by atoms with Gasteiger partial charge < -0.3 is 15.2 Å². The number of hydrogen-bond donors (Lipinski definition) is 3. The third-order valence-electron chi connectivity index (χ3n) is 3.18. The van der Waals surface area contributed by atoms with Gasteiger partial charge in [0, 0.05) is 10.6 Å². The van der Waals surface area contributed by atoms with E-state index in [0.29, 0.717) is 10.8 Å². The van der Waals surface area contributed by atoms with Gasteiger partial charge in [-0.15, -0.1) is 0 Å². The highest BCUT2D eigenvalue weighted by molar-refractivity contribution is 6.40. The molecular weight excluding hydrogens is 362 g/mol. The number of carbonyl (C=O) groups is 3. The lowest BCUT2D eigenvalue weighted by Crippen LogP contribution is -2.32. The number of halogens is 1. The van der Waals surface area contributed by atoms with E-state index in [1.165, 1.54) is 31.4 Å². The van der Waals surface area contributed by atoms with E-state index in [4.69, 9.17) is 21.4 Å². The number of anilines is 1. The van der Waals surface area contributed by atoms with Crippen LogP contribution in [0.4, 0.5) is 5.69 Å². The van der Waals surface area contributed by atoms with Gasteiger partial charge in [0.25, 0.3) is 0 Å². The Hall–Kier alpha value is -3.39. The van der Waals surface area contributed by atoms with Crippen molar-refractivity contribution in [3.8, 4) is 5.75 Å². The first-order chi connectivity index (χ1) is 12.4. The predicted molar refractivity (Wildman–Crippen MR) is 95.8 cm³/mol. The van der Waals surface area contributed by atoms with Gasteiger partial charge in [0.05, 0.1) is 24.6 Å². The summed E-state index contributed by atoms with van der Waals surface area (Å²) in [7, 11) is 1.41. The Kier molecular flexibility index (Phi) is 6.29. The van der Waals surface area contributed by atoms with Crippen LogP contribution in [0.3, 0.4) is 0 Å². The van der Waals surface area contributed by atoms with Gasteiger partial charge in [0.2, 0.25) is 0 Å². The molecule has 134 valence electrons. The first-order valence-corrected chi connectivity index (χ1v) is 7.60. The van der Waals surface area contributed by atoms with Gasteiger partial charge in [-0.2, -0.15) is 5.10 Å². The fourth-order valence-electron chi connectivity index (χ4n) is 1.97. The first-order valence-electron chi connectivity index (χ1n) is 7.22. The van der Waals surface area contributed by atoms with Crippen LogP contribution >= 0.6 is 11.6 Å². The second-order valence-corrected chi connectivity index (χ2v) is 5.33. The molecular formula is C17H14ClN3O5. The number of carboxylic acids is 1. The molecule has 0 aliphatic heterocycles. The Morgan fingerprint density at radius 1 is 1.15 bits per heavy atom. The predicted octanol–water partition coefficient (Wildman–Crippen LogP) is 2.14. The molecule has 2 rings (SSSR count). The minimum absolute atomic E-state index is 0.0126. The maximum absolute atomic E-state index is 11.9. The largest absolute Gasteiger partial charge is 0.495 e. The van der Waals surface area contributed by atoms with E-state index >= 15 is 0 Å². The molecule has 0 atom stereocenters. The zero-order chi connectivity index (χ0) is 19.1. The Bertz CT molecular complexity index is 882. The lowest BCUT2D eigenvalue weighted by molar-refractivity contribution is -0.136. The van der Waals surface area contributed by atoms with Crippen LogP contribution in [0.2, 0.25) is 5.02 Å². The SMILES string of the molecule is COc1ccc(Cl)cc1NC(=O)C(=O)N/N=C\c1ccccc1C(=O)O. The minimum Gasteiger partial charge on any atom is -0.495 e. The maximum Gasteiger partial charge on any atom is 0.336 e. The quantitative estimate of drug-likeness (QED) is 0.420. The zero-order valence-electron chi connectivity index (χ0n) is 13.5. The molecule has 26 heavy (non-hydrogen) atoms. The Morgan fingerprint density at radius 3 is 2.58 bits per heavy atom. The second-order valence-electron chi connectivity index (χ2n) is 4.89. The van der Waals surface area contributed by atoms with Crippen molar-refractivity contribution in [3.63, 3.8) is 0 Å². The van der Waals surface area contributed by atoms with Crippen LogP contribution < -0.4 is 15.5 Å². The monoisotopic (exact) mass is 375 g/mol. The Balaban J connectivity index is 2.03. The lowest BCUT2D eigenvalue weighted by Gasteiger charge is -2.09. The standard InChI is InChI=1S/C17H14ClN3O5/c1-26-14-7-6-11(18)8-13(14)20-15(22)16(23)21-19-9-10-4-2-3-5-12(10)17(24)25/h2-9H,1H3,(H,20,22)(H,21,23)(H,24,25)/b19-9-. The molecule has 0 bridgehead atoms. The number of ether oxygens (including phenoxy) is 1. The molecule has 9 heteroatoms. The fraction of sp³-hybridized carbons (Fsp3) is 0.0588. The summed E-state index contributed by atoms with van der Waals surface area (Å²) in [5.41, 5.74) is 2.53. The van der Waals surface area contributed by atoms with Crippen molar-refractivity contribution in [1.82, 2.24) is 5.43 Å². The van der Waals surface area contributed by atoms with Gasteiger partial charge in [-0.3, -0.25) is 9.59 Å². The molecule has 2 aromatic carbocycles. The molecule has 0 unspecified atom stereocenters. The number of hydrazone groups is 1. The molecule has 0 aliphatic rings. The molecule has 8 nitrogen and oxygen atoms in total. The number of amides is 2. The number of nitrogens with zero attached hydrogens (tertiary/aromatic N) is 1. The van der Waals surface area contributed by atoms with Gasteiger partial charge in [0.1, 0.15) is 5.75 Å². The topological polar surface area (TPSA) is 117 Å². The highest BCUT2D eigenvalue weighted by Crippen LogP contribution is 2.27. The van der Waals surface area contributed by atoms with Crippen molar-refractivity contribution in [3.05, 3.63) is 58.6 Å². The zero-order valence-corrected chi connectivity index (χ0v) is 14.3. The molecule has 0 fully saturated rings. The molecule has 0 heterocycles. The molecule has 2 aromatic rings. The number of aromatic carboxylic acids is 1. The number of carbonyl (C=O) groups excluding carboxylic acids is 2. The fourth-order valence-corrected chi connectivity index (χ4v) is 2.14. The van der Waals surface area contributed by atoms with E-state index in [-0.39, 0.29) is 16.8 Å². The van der Waals surface area contributed by atoms with E-state index in [1.807, 2.05) is 5.43 Å². The van der Waals surface area contributed by atoms with Gasteiger partial charge in [-0.05, 0) is 24.3 Å². The third-order valence-corrected chi connectivity index (χ3v) is 3.41. The van der Waals surface area contributed by atoms with Crippen LogP contribution in [-0.2, 0) is 9.59 Å². The van der Waals surface area contributed by atoms with Crippen LogP contribution in [0.15, 0.2) is 47.6 Å². The summed E-state index contributed by atoms with van der Waals surface area (Å²) in [6, 6.07) is 10.6. The van der Waals surface area contributed by atoms with Crippen LogP contribution in [0.25, 0.3) is 0 Å². The molecule has 0 saturated heterocycles. The summed E-state index contributed by atoms with van der Waals surface area (Å²) >= 11 is 5.85. The molecule has 0 spiro atoms. The summed E-state index contributed by atoms with van der Waals surface area (Å²) in [4.78, 5) is 34.8. The Labute approximate surface area is 153 Å². The van der Waals surface area contributed by atoms with E-state index < -0.39 is 17.8 Å². The molecule has 0 radical (unpaired) electrons. The molecule has 2 amide bonds. The van der Waals surface area contributed by atoms with E-state index in [0.717, 1.165) is 6.21 Å². The van der Waals surface area contributed by atoms with E-state index in [9.17, 15) is 14.4 Å². The van der Waals surface area contributed by atoms with Crippen LogP contribution in [0.1, 0.15) is 15.9 Å². The van der Waals surface area contributed by atoms with Crippen molar-refractivity contribution in [2.24, 2.45) is 5.10 Å². The van der Waals surface area contributed by atoms with Crippen LogP contribution in [-0.4, -0.2) is 36.2 Å². The van der Waals surface area contributed by atoms with Crippen molar-refractivity contribution in [2.75, 3.05) is 12.4 Å². The second kappa shape index (κ2) is 8.63. The number of hydrogen-bond acceptors (Lipinski definition) is 5. The minimum atomic E-state index is -1.14. The summed E-state index contributed by atoms with van der Waals surface area (Å²) in [6.45, 7) is 0. The molecule has 0 saturated carbocycles. The highest BCUT2D eigenvalue weighted by Gasteiger charge is 2.16. The summed E-state index contributed by atoms with van der Waals surface area (Å²) < 4.78 is 5.07. The number of nitrogens with one attached hydrogen (secondary N) is 2.